The monoisotopic (exact) mass is 280 g/mol. The number of pyridine rings is 1. The molecule has 1 saturated carbocycles. The van der Waals surface area contributed by atoms with Crippen LogP contribution >= 0.6 is 0 Å². The van der Waals surface area contributed by atoms with Gasteiger partial charge in [-0.05, 0) is 24.5 Å². The van der Waals surface area contributed by atoms with Gasteiger partial charge < -0.3 is 5.32 Å². The van der Waals surface area contributed by atoms with Crippen molar-refractivity contribution in [2.24, 2.45) is 5.92 Å². The number of aromatic nitrogens is 2. The molecule has 6 nitrogen and oxygen atoms in total. The number of nitrogens with one attached hydrogen (secondary N) is 2. The lowest BCUT2D eigenvalue weighted by atomic mass is 10.5. The summed E-state index contributed by atoms with van der Waals surface area (Å²) in [6.45, 7) is 2.03. The molecule has 1 aliphatic carbocycles. The first-order valence-corrected chi connectivity index (χ1v) is 7.68. The van der Waals surface area contributed by atoms with Crippen LogP contribution in [0.3, 0.4) is 0 Å². The van der Waals surface area contributed by atoms with E-state index < -0.39 is 10.0 Å². The third-order valence-electron chi connectivity index (χ3n) is 3.39. The maximum atomic E-state index is 12.5. The van der Waals surface area contributed by atoms with Crippen molar-refractivity contribution in [2.75, 3.05) is 12.4 Å². The van der Waals surface area contributed by atoms with Gasteiger partial charge in [0.15, 0.2) is 10.8 Å². The molecule has 1 fully saturated rings. The first kappa shape index (κ1) is 12.4. The molecule has 0 aliphatic heterocycles. The zero-order valence-electron chi connectivity index (χ0n) is 10.8. The molecule has 2 heterocycles. The molecule has 0 spiro atoms. The molecule has 2 aromatic heterocycles. The van der Waals surface area contributed by atoms with Gasteiger partial charge in [0.1, 0.15) is 5.65 Å². The number of imidazole rings is 1. The summed E-state index contributed by atoms with van der Waals surface area (Å²) in [6, 6.07) is 5.44. The van der Waals surface area contributed by atoms with E-state index >= 15 is 0 Å². The standard InChI is InChI=1S/C12H16N4O2S/c1-8-7-9(8)15-19(17,18)12-11(13-2)14-10-5-3-4-6-16(10)12/h3-6,8-9,13,15H,7H2,1-2H3. The minimum atomic E-state index is -3.57. The van der Waals surface area contributed by atoms with E-state index in [1.54, 1.807) is 29.8 Å². The quantitative estimate of drug-likeness (QED) is 0.878. The van der Waals surface area contributed by atoms with Crippen molar-refractivity contribution in [3.63, 3.8) is 0 Å². The summed E-state index contributed by atoms with van der Waals surface area (Å²) in [5.74, 6) is 0.777. The van der Waals surface area contributed by atoms with Crippen LogP contribution in [0.2, 0.25) is 0 Å². The molecule has 3 rings (SSSR count). The van der Waals surface area contributed by atoms with Gasteiger partial charge >= 0.3 is 0 Å². The Bertz CT molecular complexity index is 722. The van der Waals surface area contributed by atoms with Gasteiger partial charge in [0.05, 0.1) is 0 Å². The highest BCUT2D eigenvalue weighted by Crippen LogP contribution is 2.32. The molecule has 7 heteroatoms. The van der Waals surface area contributed by atoms with E-state index in [1.807, 2.05) is 13.0 Å². The van der Waals surface area contributed by atoms with Gasteiger partial charge in [-0.1, -0.05) is 13.0 Å². The summed E-state index contributed by atoms with van der Waals surface area (Å²) in [4.78, 5) is 4.28. The molecular weight excluding hydrogens is 264 g/mol. The minimum absolute atomic E-state index is 0.0453. The summed E-state index contributed by atoms with van der Waals surface area (Å²) >= 11 is 0. The van der Waals surface area contributed by atoms with Crippen LogP contribution in [0.15, 0.2) is 29.4 Å². The van der Waals surface area contributed by atoms with Crippen LogP contribution < -0.4 is 10.0 Å². The smallest absolute Gasteiger partial charge is 0.260 e. The molecule has 2 unspecified atom stereocenters. The zero-order valence-corrected chi connectivity index (χ0v) is 11.6. The van der Waals surface area contributed by atoms with Gasteiger partial charge in [-0.15, -0.1) is 0 Å². The van der Waals surface area contributed by atoms with Crippen LogP contribution in [0.1, 0.15) is 13.3 Å². The van der Waals surface area contributed by atoms with Crippen molar-refractivity contribution in [1.82, 2.24) is 14.1 Å². The Kier molecular flexibility index (Phi) is 2.75. The zero-order chi connectivity index (χ0) is 13.6. The van der Waals surface area contributed by atoms with Crippen LogP contribution in [0.25, 0.3) is 5.65 Å². The highest BCUT2D eigenvalue weighted by atomic mass is 32.2. The van der Waals surface area contributed by atoms with Crippen molar-refractivity contribution in [3.05, 3.63) is 24.4 Å². The number of fused-ring (bicyclic) bond motifs is 1. The maximum Gasteiger partial charge on any atom is 0.260 e. The summed E-state index contributed by atoms with van der Waals surface area (Å²) in [5.41, 5.74) is 0.607. The van der Waals surface area contributed by atoms with Crippen LogP contribution in [0.5, 0.6) is 0 Å². The number of hydrogen-bond donors (Lipinski definition) is 2. The van der Waals surface area contributed by atoms with Crippen molar-refractivity contribution in [3.8, 4) is 0 Å². The van der Waals surface area contributed by atoms with Crippen LogP contribution in [0.4, 0.5) is 5.82 Å². The molecule has 0 radical (unpaired) electrons. The van der Waals surface area contributed by atoms with Gasteiger partial charge in [-0.2, -0.15) is 0 Å². The summed E-state index contributed by atoms with van der Waals surface area (Å²) in [7, 11) is -1.90. The largest absolute Gasteiger partial charge is 0.371 e. The van der Waals surface area contributed by atoms with E-state index in [9.17, 15) is 8.42 Å². The lowest BCUT2D eigenvalue weighted by Crippen LogP contribution is -2.28. The third kappa shape index (κ3) is 2.08. The fourth-order valence-corrected chi connectivity index (χ4v) is 3.79. The van der Waals surface area contributed by atoms with Gasteiger partial charge in [-0.3, -0.25) is 4.40 Å². The summed E-state index contributed by atoms with van der Waals surface area (Å²) in [6.07, 6.45) is 2.60. The molecule has 2 N–H and O–H groups in total. The average molecular weight is 280 g/mol. The summed E-state index contributed by atoms with van der Waals surface area (Å²) in [5, 5.41) is 3.02. The first-order chi connectivity index (χ1) is 9.03. The second kappa shape index (κ2) is 4.21. The second-order valence-electron chi connectivity index (χ2n) is 4.89. The molecule has 0 aromatic carbocycles. The Balaban J connectivity index is 2.12. The van der Waals surface area contributed by atoms with E-state index in [1.165, 1.54) is 0 Å². The highest BCUT2D eigenvalue weighted by Gasteiger charge is 2.38. The molecule has 2 aromatic rings. The number of nitrogens with zero attached hydrogens (tertiary/aromatic N) is 2. The van der Waals surface area contributed by atoms with E-state index in [-0.39, 0.29) is 11.1 Å². The Morgan fingerprint density at radius 1 is 1.42 bits per heavy atom. The number of sulfonamides is 1. The molecular formula is C12H16N4O2S. The van der Waals surface area contributed by atoms with Crippen molar-refractivity contribution in [2.45, 2.75) is 24.4 Å². The second-order valence-corrected chi connectivity index (χ2v) is 6.51. The number of anilines is 1. The van der Waals surface area contributed by atoms with E-state index in [0.29, 0.717) is 17.4 Å². The third-order valence-corrected chi connectivity index (χ3v) is 4.91. The molecule has 2 atom stereocenters. The molecule has 102 valence electrons. The highest BCUT2D eigenvalue weighted by molar-refractivity contribution is 7.89. The normalized spacial score (nSPS) is 22.6. The SMILES string of the molecule is CNc1nc2ccccn2c1S(=O)(=O)NC1CC1C. The van der Waals surface area contributed by atoms with Crippen LogP contribution in [-0.2, 0) is 10.0 Å². The van der Waals surface area contributed by atoms with Gasteiger partial charge in [-0.25, -0.2) is 18.1 Å². The van der Waals surface area contributed by atoms with Crippen molar-refractivity contribution < 1.29 is 8.42 Å². The predicted octanol–water partition coefficient (Wildman–Crippen LogP) is 1.06. The Labute approximate surface area is 111 Å². The molecule has 19 heavy (non-hydrogen) atoms. The lowest BCUT2D eigenvalue weighted by Gasteiger charge is -2.07. The average Bonchev–Trinajstić information content (AvgIpc) is 2.93. The maximum absolute atomic E-state index is 12.5. The van der Waals surface area contributed by atoms with Crippen LogP contribution in [0, 0.1) is 5.92 Å². The Hall–Kier alpha value is -1.60. The van der Waals surface area contributed by atoms with Crippen molar-refractivity contribution in [1.29, 1.82) is 0 Å². The van der Waals surface area contributed by atoms with Gasteiger partial charge in [0.25, 0.3) is 10.0 Å². The minimum Gasteiger partial charge on any atom is -0.371 e. The Morgan fingerprint density at radius 2 is 2.16 bits per heavy atom. The van der Waals surface area contributed by atoms with Gasteiger partial charge in [0.2, 0.25) is 0 Å². The topological polar surface area (TPSA) is 75.5 Å². The Morgan fingerprint density at radius 3 is 2.79 bits per heavy atom. The number of rotatable bonds is 4. The van der Waals surface area contributed by atoms with E-state index in [4.69, 9.17) is 0 Å². The molecule has 0 saturated heterocycles. The molecule has 1 aliphatic rings. The molecule has 0 bridgehead atoms. The lowest BCUT2D eigenvalue weighted by molar-refractivity contribution is 0.574. The molecule has 0 amide bonds. The fourth-order valence-electron chi connectivity index (χ4n) is 2.13. The number of hydrogen-bond acceptors (Lipinski definition) is 4. The predicted molar refractivity (Wildman–Crippen MR) is 72.6 cm³/mol. The van der Waals surface area contributed by atoms with E-state index in [0.717, 1.165) is 6.42 Å². The van der Waals surface area contributed by atoms with Crippen LogP contribution in [-0.4, -0.2) is 30.9 Å². The fraction of sp³-hybridized carbons (Fsp3) is 0.417. The van der Waals surface area contributed by atoms with Crippen molar-refractivity contribution >= 4 is 21.5 Å². The van der Waals surface area contributed by atoms with Gasteiger partial charge in [0, 0.05) is 19.3 Å². The first-order valence-electron chi connectivity index (χ1n) is 6.20. The summed E-state index contributed by atoms with van der Waals surface area (Å²) < 4.78 is 29.2. The van der Waals surface area contributed by atoms with E-state index in [2.05, 4.69) is 15.0 Å².